The van der Waals surface area contributed by atoms with Crippen molar-refractivity contribution in [2.24, 2.45) is 4.99 Å². The van der Waals surface area contributed by atoms with Gasteiger partial charge in [-0.2, -0.15) is 0 Å². The number of benzene rings is 3. The smallest absolute Gasteiger partial charge is 0.262 e. The molecule has 0 radical (unpaired) electrons. The molecule has 0 aliphatic carbocycles. The highest BCUT2D eigenvalue weighted by Crippen LogP contribution is 2.37. The third-order valence-corrected chi connectivity index (χ3v) is 4.52. The van der Waals surface area contributed by atoms with Crippen molar-refractivity contribution < 1.29 is 9.59 Å². The van der Waals surface area contributed by atoms with E-state index in [2.05, 4.69) is 5.32 Å². The number of amides is 1. The molecule has 1 N–H and O–H groups in total. The van der Waals surface area contributed by atoms with Crippen LogP contribution in [0, 0.1) is 0 Å². The lowest BCUT2D eigenvalue weighted by molar-refractivity contribution is -0.122. The van der Waals surface area contributed by atoms with Crippen molar-refractivity contribution in [3.05, 3.63) is 107 Å². The summed E-state index contributed by atoms with van der Waals surface area (Å²) in [5.41, 5.74) is 1.69. The zero-order valence-electron chi connectivity index (χ0n) is 13.9. The third-order valence-electron chi connectivity index (χ3n) is 4.52. The Bertz CT molecular complexity index is 955. The average Bonchev–Trinajstić information content (AvgIpc) is 3.08. The van der Waals surface area contributed by atoms with E-state index in [9.17, 15) is 9.59 Å². The van der Waals surface area contributed by atoms with Gasteiger partial charge in [-0.1, -0.05) is 78.9 Å². The molecule has 4 rings (SSSR count). The predicted molar refractivity (Wildman–Crippen MR) is 100 cm³/mol. The highest BCUT2D eigenvalue weighted by molar-refractivity contribution is 6.17. The molecule has 26 heavy (non-hydrogen) atoms. The summed E-state index contributed by atoms with van der Waals surface area (Å²) in [6, 6.07) is 26.1. The van der Waals surface area contributed by atoms with Gasteiger partial charge in [-0.15, -0.1) is 0 Å². The first kappa shape index (κ1) is 16.0. The highest BCUT2D eigenvalue weighted by Gasteiger charge is 2.46. The molecule has 1 amide bonds. The van der Waals surface area contributed by atoms with Gasteiger partial charge >= 0.3 is 0 Å². The summed E-state index contributed by atoms with van der Waals surface area (Å²) in [5.74, 6) is 0.257. The molecule has 0 bridgehead atoms. The molecule has 3 aromatic rings. The third kappa shape index (κ3) is 2.52. The number of nitrogens with zero attached hydrogens (tertiary/aromatic N) is 1. The van der Waals surface area contributed by atoms with Crippen molar-refractivity contribution >= 4 is 18.0 Å². The molecule has 0 unspecified atom stereocenters. The van der Waals surface area contributed by atoms with Gasteiger partial charge in [0.2, 0.25) is 0 Å². The van der Waals surface area contributed by atoms with E-state index >= 15 is 0 Å². The van der Waals surface area contributed by atoms with Crippen molar-refractivity contribution in [1.82, 2.24) is 5.32 Å². The predicted octanol–water partition coefficient (Wildman–Crippen LogP) is 3.32. The Morgan fingerprint density at radius 2 is 1.42 bits per heavy atom. The minimum atomic E-state index is -1.14. The summed E-state index contributed by atoms with van der Waals surface area (Å²) < 4.78 is 0. The van der Waals surface area contributed by atoms with Crippen LogP contribution in [0.4, 0.5) is 0 Å². The van der Waals surface area contributed by atoms with Crippen molar-refractivity contribution in [2.45, 2.75) is 5.54 Å². The molecule has 1 heterocycles. The first-order valence-corrected chi connectivity index (χ1v) is 8.32. The molecule has 0 fully saturated rings. The molecular formula is C22H16N2O2. The van der Waals surface area contributed by atoms with Crippen LogP contribution in [-0.2, 0) is 10.3 Å². The van der Waals surface area contributed by atoms with Gasteiger partial charge in [-0.3, -0.25) is 9.59 Å². The maximum Gasteiger partial charge on any atom is 0.262 e. The number of aliphatic imine (C=N–C) groups is 1. The number of rotatable bonds is 4. The second-order valence-electron chi connectivity index (χ2n) is 6.10. The topological polar surface area (TPSA) is 58.5 Å². The molecule has 0 aromatic heterocycles. The molecule has 1 aliphatic rings. The monoisotopic (exact) mass is 340 g/mol. The van der Waals surface area contributed by atoms with Crippen molar-refractivity contribution in [3.8, 4) is 0 Å². The minimum Gasteiger partial charge on any atom is -0.308 e. The van der Waals surface area contributed by atoms with E-state index in [1.54, 1.807) is 18.2 Å². The van der Waals surface area contributed by atoms with Crippen LogP contribution in [0.15, 0.2) is 89.9 Å². The fraction of sp³-hybridized carbons (Fsp3) is 0.0455. The molecule has 0 saturated carbocycles. The maximum atomic E-state index is 13.1. The van der Waals surface area contributed by atoms with Gasteiger partial charge in [-0.25, -0.2) is 4.99 Å². The molecule has 126 valence electrons. The lowest BCUT2D eigenvalue weighted by atomic mass is 9.83. The molecule has 0 atom stereocenters. The Morgan fingerprint density at radius 1 is 0.808 bits per heavy atom. The first-order chi connectivity index (χ1) is 12.7. The highest BCUT2D eigenvalue weighted by atomic mass is 16.2. The standard InChI is InChI=1S/C22H16N2O2/c25-15-16-8-7-9-17(14-16)20-23-21(26)22(24-20,18-10-3-1-4-11-18)19-12-5-2-6-13-19/h1-15H,(H,23,24,26). The fourth-order valence-corrected chi connectivity index (χ4v) is 3.26. The van der Waals surface area contributed by atoms with Crippen LogP contribution in [-0.4, -0.2) is 18.0 Å². The van der Waals surface area contributed by atoms with Crippen molar-refractivity contribution in [3.63, 3.8) is 0 Å². The minimum absolute atomic E-state index is 0.207. The molecule has 1 aliphatic heterocycles. The Kier molecular flexibility index (Phi) is 3.93. The summed E-state index contributed by atoms with van der Waals surface area (Å²) in [7, 11) is 0. The zero-order valence-corrected chi connectivity index (χ0v) is 13.9. The maximum absolute atomic E-state index is 13.1. The Balaban J connectivity index is 1.93. The SMILES string of the molecule is O=Cc1cccc(C2=NC(c3ccccc3)(c3ccccc3)C(=O)N2)c1. The molecular weight excluding hydrogens is 324 g/mol. The average molecular weight is 340 g/mol. The molecule has 4 nitrogen and oxygen atoms in total. The van der Waals surface area contributed by atoms with E-state index < -0.39 is 5.54 Å². The summed E-state index contributed by atoms with van der Waals surface area (Å²) in [6.45, 7) is 0. The Hall–Kier alpha value is -3.53. The van der Waals surface area contributed by atoms with Crippen LogP contribution < -0.4 is 5.32 Å². The van der Waals surface area contributed by atoms with Gasteiger partial charge in [0, 0.05) is 11.1 Å². The van der Waals surface area contributed by atoms with Crippen molar-refractivity contribution in [1.29, 1.82) is 0 Å². The van der Waals surface area contributed by atoms with E-state index in [0.29, 0.717) is 17.0 Å². The van der Waals surface area contributed by atoms with Crippen LogP contribution >= 0.6 is 0 Å². The van der Waals surface area contributed by atoms with E-state index in [4.69, 9.17) is 4.99 Å². The summed E-state index contributed by atoms with van der Waals surface area (Å²) in [6.07, 6.45) is 0.780. The molecule has 3 aromatic carbocycles. The Morgan fingerprint density at radius 3 is 2.00 bits per heavy atom. The molecule has 0 spiro atoms. The van der Waals surface area contributed by atoms with Gasteiger partial charge in [0.1, 0.15) is 12.1 Å². The van der Waals surface area contributed by atoms with Gasteiger partial charge in [0.25, 0.3) is 5.91 Å². The Labute approximate surface area is 151 Å². The zero-order chi connectivity index (χ0) is 18.0. The van der Waals surface area contributed by atoms with E-state index in [-0.39, 0.29) is 5.91 Å². The number of carbonyl (C=O) groups is 2. The second-order valence-corrected chi connectivity index (χ2v) is 6.10. The van der Waals surface area contributed by atoms with E-state index in [1.807, 2.05) is 66.7 Å². The number of carbonyl (C=O) groups excluding carboxylic acids is 2. The summed E-state index contributed by atoms with van der Waals surface area (Å²) >= 11 is 0. The van der Waals surface area contributed by atoms with Gasteiger partial charge in [0.05, 0.1) is 0 Å². The number of aldehydes is 1. The van der Waals surface area contributed by atoms with Crippen LogP contribution in [0.1, 0.15) is 27.0 Å². The van der Waals surface area contributed by atoms with Gasteiger partial charge in [0.15, 0.2) is 5.54 Å². The fourth-order valence-electron chi connectivity index (χ4n) is 3.26. The number of hydrogen-bond acceptors (Lipinski definition) is 3. The van der Waals surface area contributed by atoms with Crippen LogP contribution in [0.2, 0.25) is 0 Å². The number of hydrogen-bond donors (Lipinski definition) is 1. The lowest BCUT2D eigenvalue weighted by Gasteiger charge is -2.24. The lowest BCUT2D eigenvalue weighted by Crippen LogP contribution is -2.38. The van der Waals surface area contributed by atoms with E-state index in [0.717, 1.165) is 17.4 Å². The van der Waals surface area contributed by atoms with Gasteiger partial charge in [-0.05, 0) is 17.2 Å². The van der Waals surface area contributed by atoms with Crippen LogP contribution in [0.3, 0.4) is 0 Å². The van der Waals surface area contributed by atoms with E-state index in [1.165, 1.54) is 0 Å². The number of nitrogens with one attached hydrogen (secondary N) is 1. The normalized spacial score (nSPS) is 15.2. The number of amidine groups is 1. The quantitative estimate of drug-likeness (QED) is 0.741. The first-order valence-electron chi connectivity index (χ1n) is 8.32. The van der Waals surface area contributed by atoms with Crippen LogP contribution in [0.25, 0.3) is 0 Å². The van der Waals surface area contributed by atoms with Crippen LogP contribution in [0.5, 0.6) is 0 Å². The van der Waals surface area contributed by atoms with Crippen molar-refractivity contribution in [2.75, 3.05) is 0 Å². The molecule has 0 saturated heterocycles. The largest absolute Gasteiger partial charge is 0.308 e. The summed E-state index contributed by atoms with van der Waals surface area (Å²) in [4.78, 5) is 29.0. The molecule has 4 heteroatoms. The second kappa shape index (κ2) is 6.41. The summed E-state index contributed by atoms with van der Waals surface area (Å²) in [5, 5.41) is 2.90. The van der Waals surface area contributed by atoms with Gasteiger partial charge < -0.3 is 5.32 Å².